The van der Waals surface area contributed by atoms with Crippen molar-refractivity contribution in [1.82, 2.24) is 10.2 Å². The molecule has 0 radical (unpaired) electrons. The molecule has 0 heterocycles. The van der Waals surface area contributed by atoms with Crippen LogP contribution in [0.15, 0.2) is 0 Å². The minimum atomic E-state index is 0.835. The van der Waals surface area contributed by atoms with Crippen molar-refractivity contribution in [3.63, 3.8) is 0 Å². The lowest BCUT2D eigenvalue weighted by molar-refractivity contribution is 0.248. The smallest absolute Gasteiger partial charge is 0.0107 e. The molecule has 2 unspecified atom stereocenters. The van der Waals surface area contributed by atoms with Crippen LogP contribution in [-0.2, 0) is 0 Å². The second-order valence-corrected chi connectivity index (χ2v) is 6.63. The van der Waals surface area contributed by atoms with Crippen molar-refractivity contribution in [2.75, 3.05) is 20.1 Å². The lowest BCUT2D eigenvalue weighted by Crippen LogP contribution is -2.39. The number of hydrogen-bond donors (Lipinski definition) is 1. The molecule has 98 valence electrons. The molecule has 3 aliphatic rings. The Labute approximate surface area is 106 Å². The van der Waals surface area contributed by atoms with Gasteiger partial charge in [-0.05, 0) is 57.4 Å². The van der Waals surface area contributed by atoms with Gasteiger partial charge < -0.3 is 10.2 Å². The quantitative estimate of drug-likeness (QED) is 0.763. The van der Waals surface area contributed by atoms with Crippen LogP contribution in [0.2, 0.25) is 0 Å². The molecule has 3 fully saturated rings. The highest BCUT2D eigenvalue weighted by Crippen LogP contribution is 2.43. The fraction of sp³-hybridized carbons (Fsp3) is 1.00. The molecular weight excluding hydrogens is 208 g/mol. The first kappa shape index (κ1) is 12.0. The summed E-state index contributed by atoms with van der Waals surface area (Å²) in [5, 5.41) is 3.81. The second-order valence-electron chi connectivity index (χ2n) is 6.63. The van der Waals surface area contributed by atoms with Gasteiger partial charge in [-0.3, -0.25) is 0 Å². The van der Waals surface area contributed by atoms with E-state index in [2.05, 4.69) is 17.3 Å². The Kier molecular flexibility index (Phi) is 3.72. The van der Waals surface area contributed by atoms with Crippen LogP contribution >= 0.6 is 0 Å². The van der Waals surface area contributed by atoms with Crippen LogP contribution < -0.4 is 5.32 Å². The van der Waals surface area contributed by atoms with Gasteiger partial charge in [-0.1, -0.05) is 12.8 Å². The molecule has 0 amide bonds. The molecule has 2 heteroatoms. The zero-order chi connectivity index (χ0) is 11.7. The summed E-state index contributed by atoms with van der Waals surface area (Å²) in [6.07, 6.45) is 11.8. The normalized spacial score (nSPS) is 34.2. The third-order valence-corrected chi connectivity index (χ3v) is 5.07. The van der Waals surface area contributed by atoms with Crippen molar-refractivity contribution in [2.24, 2.45) is 11.8 Å². The average Bonchev–Trinajstić information content (AvgIpc) is 3.19. The minimum absolute atomic E-state index is 0.835. The van der Waals surface area contributed by atoms with Gasteiger partial charge >= 0.3 is 0 Å². The van der Waals surface area contributed by atoms with Gasteiger partial charge in [0.25, 0.3) is 0 Å². The second kappa shape index (κ2) is 5.27. The Morgan fingerprint density at radius 1 is 1.00 bits per heavy atom. The highest BCUT2D eigenvalue weighted by atomic mass is 15.2. The summed E-state index contributed by atoms with van der Waals surface area (Å²) in [5.74, 6) is 2.19. The minimum Gasteiger partial charge on any atom is -0.313 e. The van der Waals surface area contributed by atoms with Crippen LogP contribution in [0.25, 0.3) is 0 Å². The maximum absolute atomic E-state index is 3.81. The number of nitrogens with one attached hydrogen (secondary N) is 1. The lowest BCUT2D eigenvalue weighted by Gasteiger charge is -2.30. The molecule has 0 saturated heterocycles. The van der Waals surface area contributed by atoms with Crippen LogP contribution in [0.1, 0.15) is 51.4 Å². The summed E-state index contributed by atoms with van der Waals surface area (Å²) in [4.78, 5) is 2.54. The standard InChI is InChI=1S/C15H28N2/c1-17(15-7-8-15)10-9-16-14-4-2-3-13(11-14)12-5-6-12/h12-16H,2-11H2,1H3. The van der Waals surface area contributed by atoms with E-state index in [0.29, 0.717) is 0 Å². The molecule has 1 N–H and O–H groups in total. The van der Waals surface area contributed by atoms with Gasteiger partial charge in [0.05, 0.1) is 0 Å². The Balaban J connectivity index is 1.33. The summed E-state index contributed by atoms with van der Waals surface area (Å²) >= 11 is 0. The molecule has 3 aliphatic carbocycles. The third-order valence-electron chi connectivity index (χ3n) is 5.07. The van der Waals surface area contributed by atoms with E-state index in [4.69, 9.17) is 0 Å². The molecular formula is C15H28N2. The first-order valence-corrected chi connectivity index (χ1v) is 7.76. The van der Waals surface area contributed by atoms with E-state index in [0.717, 1.165) is 23.9 Å². The Morgan fingerprint density at radius 3 is 2.53 bits per heavy atom. The van der Waals surface area contributed by atoms with Crippen molar-refractivity contribution >= 4 is 0 Å². The SMILES string of the molecule is CN(CCNC1CCCC(C2CC2)C1)C1CC1. The fourth-order valence-corrected chi connectivity index (χ4v) is 3.55. The van der Waals surface area contributed by atoms with Crippen molar-refractivity contribution in [3.8, 4) is 0 Å². The Morgan fingerprint density at radius 2 is 1.82 bits per heavy atom. The zero-order valence-corrected chi connectivity index (χ0v) is 11.3. The third kappa shape index (κ3) is 3.45. The number of hydrogen-bond acceptors (Lipinski definition) is 2. The van der Waals surface area contributed by atoms with E-state index in [9.17, 15) is 0 Å². The Bertz CT molecular complexity index is 245. The molecule has 2 nitrogen and oxygen atoms in total. The van der Waals surface area contributed by atoms with Crippen LogP contribution in [0.4, 0.5) is 0 Å². The molecule has 0 aromatic rings. The summed E-state index contributed by atoms with van der Waals surface area (Å²) in [6, 6.07) is 1.75. The van der Waals surface area contributed by atoms with Gasteiger partial charge in [0, 0.05) is 25.2 Å². The van der Waals surface area contributed by atoms with Crippen molar-refractivity contribution < 1.29 is 0 Å². The molecule has 2 atom stereocenters. The molecule has 0 bridgehead atoms. The summed E-state index contributed by atoms with van der Waals surface area (Å²) in [7, 11) is 2.28. The van der Waals surface area contributed by atoms with Crippen LogP contribution in [0.3, 0.4) is 0 Å². The van der Waals surface area contributed by atoms with Crippen molar-refractivity contribution in [1.29, 1.82) is 0 Å². The van der Waals surface area contributed by atoms with Gasteiger partial charge in [-0.2, -0.15) is 0 Å². The number of nitrogens with zero attached hydrogens (tertiary/aromatic N) is 1. The maximum Gasteiger partial charge on any atom is 0.0107 e. The van der Waals surface area contributed by atoms with E-state index in [-0.39, 0.29) is 0 Å². The molecule has 0 aromatic heterocycles. The van der Waals surface area contributed by atoms with E-state index in [1.807, 2.05) is 0 Å². The molecule has 3 saturated carbocycles. The first-order chi connectivity index (χ1) is 8.33. The number of likely N-dealkylation sites (N-methyl/N-ethyl adjacent to an activating group) is 1. The Hall–Kier alpha value is -0.0800. The summed E-state index contributed by atoms with van der Waals surface area (Å²) in [5.41, 5.74) is 0. The van der Waals surface area contributed by atoms with Gasteiger partial charge in [-0.25, -0.2) is 0 Å². The van der Waals surface area contributed by atoms with Crippen molar-refractivity contribution in [3.05, 3.63) is 0 Å². The van der Waals surface area contributed by atoms with Gasteiger partial charge in [0.1, 0.15) is 0 Å². The van der Waals surface area contributed by atoms with Gasteiger partial charge in [-0.15, -0.1) is 0 Å². The average molecular weight is 236 g/mol. The van der Waals surface area contributed by atoms with Crippen LogP contribution in [0.5, 0.6) is 0 Å². The van der Waals surface area contributed by atoms with Crippen molar-refractivity contribution in [2.45, 2.75) is 63.5 Å². The van der Waals surface area contributed by atoms with E-state index >= 15 is 0 Å². The van der Waals surface area contributed by atoms with Gasteiger partial charge in [0.2, 0.25) is 0 Å². The monoisotopic (exact) mass is 236 g/mol. The largest absolute Gasteiger partial charge is 0.313 e. The number of rotatable bonds is 6. The first-order valence-electron chi connectivity index (χ1n) is 7.76. The van der Waals surface area contributed by atoms with E-state index < -0.39 is 0 Å². The fourth-order valence-electron chi connectivity index (χ4n) is 3.55. The summed E-state index contributed by atoms with van der Waals surface area (Å²) < 4.78 is 0. The van der Waals surface area contributed by atoms with Crippen LogP contribution in [-0.4, -0.2) is 37.1 Å². The maximum atomic E-state index is 3.81. The lowest BCUT2D eigenvalue weighted by atomic mass is 9.83. The topological polar surface area (TPSA) is 15.3 Å². The molecule has 0 spiro atoms. The van der Waals surface area contributed by atoms with Gasteiger partial charge in [0.15, 0.2) is 0 Å². The molecule has 0 aliphatic heterocycles. The summed E-state index contributed by atoms with van der Waals surface area (Å²) in [6.45, 7) is 2.45. The molecule has 0 aromatic carbocycles. The van der Waals surface area contributed by atoms with E-state index in [1.54, 1.807) is 0 Å². The van der Waals surface area contributed by atoms with Crippen LogP contribution in [0, 0.1) is 11.8 Å². The predicted octanol–water partition coefficient (Wildman–Crippen LogP) is 2.64. The predicted molar refractivity (Wildman–Crippen MR) is 72.1 cm³/mol. The molecule has 17 heavy (non-hydrogen) atoms. The highest BCUT2D eigenvalue weighted by Gasteiger charge is 2.34. The zero-order valence-electron chi connectivity index (χ0n) is 11.3. The molecule has 3 rings (SSSR count). The van der Waals surface area contributed by atoms with E-state index in [1.165, 1.54) is 64.5 Å². The highest BCUT2D eigenvalue weighted by molar-refractivity contribution is 4.88.